The number of carbonyl (C=O) groups excluding carboxylic acids is 1. The molecule has 0 N–H and O–H groups in total. The van der Waals surface area contributed by atoms with Crippen LogP contribution in [-0.2, 0) is 9.79 Å². The van der Waals surface area contributed by atoms with Crippen molar-refractivity contribution >= 4 is 51.3 Å². The maximum absolute atomic E-state index is 12.5. The van der Waals surface area contributed by atoms with Crippen LogP contribution in [0.3, 0.4) is 0 Å². The van der Waals surface area contributed by atoms with Gasteiger partial charge in [-0.25, -0.2) is 10.0 Å². The van der Waals surface area contributed by atoms with Gasteiger partial charge in [-0.1, -0.05) is 61.0 Å². The first kappa shape index (κ1) is 20.8. The Morgan fingerprint density at radius 3 is 2.22 bits per heavy atom. The number of nitrogens with zero attached hydrogens (tertiary/aromatic N) is 4. The van der Waals surface area contributed by atoms with Crippen LogP contribution in [0.1, 0.15) is 31.4 Å². The van der Waals surface area contributed by atoms with Gasteiger partial charge in [0, 0.05) is 23.1 Å². The van der Waals surface area contributed by atoms with Gasteiger partial charge in [-0.05, 0) is 54.6 Å². The highest BCUT2D eigenvalue weighted by atomic mass is 35.5. The summed E-state index contributed by atoms with van der Waals surface area (Å²) in [4.78, 5) is 11.6. The Morgan fingerprint density at radius 2 is 1.53 bits per heavy atom. The van der Waals surface area contributed by atoms with Crippen LogP contribution in [0.25, 0.3) is 0 Å². The van der Waals surface area contributed by atoms with Crippen LogP contribution in [0.2, 0.25) is 5.02 Å². The summed E-state index contributed by atoms with van der Waals surface area (Å²) in [6.07, 6.45) is 0.780. The number of para-hydroxylation sites is 1. The molecule has 2 aliphatic rings. The highest BCUT2D eigenvalue weighted by Crippen LogP contribution is 2.54. The number of ketones is 1. The van der Waals surface area contributed by atoms with Crippen molar-refractivity contribution < 1.29 is 4.79 Å². The number of thioether (sulfide) groups is 1. The molecule has 5 rings (SSSR count). The molecular weight excluding hydrogens is 440 g/mol. The molecule has 32 heavy (non-hydrogen) atoms. The molecule has 3 aromatic carbocycles. The fourth-order valence-corrected chi connectivity index (χ4v) is 5.47. The first-order valence-corrected chi connectivity index (χ1v) is 11.6. The molecule has 1 atom stereocenters. The van der Waals surface area contributed by atoms with Crippen LogP contribution in [0.5, 0.6) is 0 Å². The average molecular weight is 461 g/mol. The molecule has 2 aliphatic heterocycles. The minimum atomic E-state index is -0.897. The van der Waals surface area contributed by atoms with E-state index in [0.29, 0.717) is 10.1 Å². The molecule has 0 aromatic heterocycles. The van der Waals surface area contributed by atoms with Crippen molar-refractivity contribution in [1.29, 1.82) is 0 Å². The molecule has 3 aromatic rings. The van der Waals surface area contributed by atoms with E-state index in [9.17, 15) is 4.79 Å². The molecule has 0 saturated heterocycles. The largest absolute Gasteiger partial charge is 0.292 e. The molecule has 5 nitrogen and oxygen atoms in total. The van der Waals surface area contributed by atoms with Gasteiger partial charge in [0.15, 0.2) is 10.8 Å². The lowest BCUT2D eigenvalue weighted by molar-refractivity contribution is -0.110. The second-order valence-electron chi connectivity index (χ2n) is 7.55. The van der Waals surface area contributed by atoms with Crippen LogP contribution in [0, 0.1) is 0 Å². The van der Waals surface area contributed by atoms with E-state index in [1.165, 1.54) is 11.8 Å². The molecule has 7 heteroatoms. The molecule has 0 fully saturated rings. The number of rotatable bonds is 4. The van der Waals surface area contributed by atoms with Crippen LogP contribution in [-0.4, -0.2) is 16.5 Å². The van der Waals surface area contributed by atoms with Gasteiger partial charge in [-0.3, -0.25) is 4.79 Å². The second kappa shape index (κ2) is 8.11. The van der Waals surface area contributed by atoms with Crippen molar-refractivity contribution in [1.82, 2.24) is 0 Å². The highest BCUT2D eigenvalue weighted by molar-refractivity contribution is 8.17. The van der Waals surface area contributed by atoms with Crippen molar-refractivity contribution in [2.75, 3.05) is 10.0 Å². The summed E-state index contributed by atoms with van der Waals surface area (Å²) >= 11 is 7.59. The van der Waals surface area contributed by atoms with Crippen molar-refractivity contribution in [3.05, 3.63) is 95.0 Å². The maximum atomic E-state index is 12.5. The molecule has 0 amide bonds. The molecule has 1 unspecified atom stereocenters. The quantitative estimate of drug-likeness (QED) is 0.462. The third-order valence-electron chi connectivity index (χ3n) is 5.52. The summed E-state index contributed by atoms with van der Waals surface area (Å²) in [6, 6.07) is 25.8. The second-order valence-corrected chi connectivity index (χ2v) is 9.15. The fourth-order valence-electron chi connectivity index (χ4n) is 4.05. The highest BCUT2D eigenvalue weighted by Gasteiger charge is 2.55. The predicted molar refractivity (Wildman–Crippen MR) is 134 cm³/mol. The topological polar surface area (TPSA) is 48.3 Å². The van der Waals surface area contributed by atoms with Gasteiger partial charge in [0.2, 0.25) is 4.99 Å². The van der Waals surface area contributed by atoms with Gasteiger partial charge in [0.1, 0.15) is 0 Å². The van der Waals surface area contributed by atoms with Gasteiger partial charge >= 0.3 is 0 Å². The van der Waals surface area contributed by atoms with Gasteiger partial charge in [0.25, 0.3) is 0 Å². The summed E-state index contributed by atoms with van der Waals surface area (Å²) in [7, 11) is 0. The van der Waals surface area contributed by atoms with Crippen LogP contribution in [0.15, 0.2) is 89.1 Å². The maximum Gasteiger partial charge on any atom is 0.234 e. The number of anilines is 2. The number of halogens is 1. The zero-order valence-electron chi connectivity index (χ0n) is 17.7. The summed E-state index contributed by atoms with van der Waals surface area (Å²) in [6.45, 7) is 3.65. The molecule has 0 bridgehead atoms. The van der Waals surface area contributed by atoms with E-state index in [0.717, 1.165) is 34.6 Å². The molecule has 2 heterocycles. The van der Waals surface area contributed by atoms with Gasteiger partial charge in [-0.2, -0.15) is 10.2 Å². The Hall–Kier alpha value is -3.09. The number of Topliss-reactive ketones (excluding diaryl/α,β-unsaturated/α-hetero) is 1. The van der Waals surface area contributed by atoms with E-state index in [4.69, 9.17) is 21.8 Å². The minimum absolute atomic E-state index is 0.0819. The minimum Gasteiger partial charge on any atom is -0.292 e. The lowest BCUT2D eigenvalue weighted by Crippen LogP contribution is -2.53. The van der Waals surface area contributed by atoms with Crippen LogP contribution < -0.4 is 10.0 Å². The third kappa shape index (κ3) is 3.22. The first-order valence-electron chi connectivity index (χ1n) is 10.4. The lowest BCUT2D eigenvalue weighted by Gasteiger charge is -2.47. The standard InChI is InChI=1S/C25H21ClN4OS/c1-3-23-21-11-7-8-12-22(21)25(29(27-23)19-9-5-4-6-10-19)30(28-24(32-25)17(2)31)20-15-13-18(26)14-16-20/h4-16H,3H2,1-2H3. The van der Waals surface area contributed by atoms with E-state index in [2.05, 4.69) is 19.1 Å². The van der Waals surface area contributed by atoms with Crippen molar-refractivity contribution in [3.8, 4) is 0 Å². The Morgan fingerprint density at radius 1 is 0.906 bits per heavy atom. The number of hydrogen-bond donors (Lipinski definition) is 0. The number of hydrazone groups is 2. The predicted octanol–water partition coefficient (Wildman–Crippen LogP) is 6.24. The van der Waals surface area contributed by atoms with Gasteiger partial charge in [-0.15, -0.1) is 0 Å². The van der Waals surface area contributed by atoms with Crippen molar-refractivity contribution in [2.45, 2.75) is 25.3 Å². The Labute approximate surface area is 196 Å². The Balaban J connectivity index is 1.81. The third-order valence-corrected chi connectivity index (χ3v) is 7.19. The number of fused-ring (bicyclic) bond motifs is 2. The Kier molecular flexibility index (Phi) is 5.27. The van der Waals surface area contributed by atoms with Crippen molar-refractivity contribution in [2.24, 2.45) is 10.2 Å². The Bertz CT molecular complexity index is 1240. The summed E-state index contributed by atoms with van der Waals surface area (Å²) in [5.41, 5.74) is 4.83. The van der Waals surface area contributed by atoms with E-state index in [-0.39, 0.29) is 5.78 Å². The van der Waals surface area contributed by atoms with E-state index >= 15 is 0 Å². The fraction of sp³-hybridized carbons (Fsp3) is 0.160. The van der Waals surface area contributed by atoms with E-state index in [1.807, 2.05) is 76.7 Å². The first-order chi connectivity index (χ1) is 15.5. The van der Waals surface area contributed by atoms with E-state index < -0.39 is 4.99 Å². The molecule has 1 spiro atoms. The van der Waals surface area contributed by atoms with Crippen LogP contribution in [0.4, 0.5) is 11.4 Å². The monoisotopic (exact) mass is 460 g/mol. The average Bonchev–Trinajstić information content (AvgIpc) is 3.22. The summed E-state index contributed by atoms with van der Waals surface area (Å²) in [5, 5.41) is 14.9. The van der Waals surface area contributed by atoms with Gasteiger partial charge in [0.05, 0.1) is 17.1 Å². The number of carbonyl (C=O) groups is 1. The normalized spacial score (nSPS) is 19.6. The number of benzene rings is 3. The summed E-state index contributed by atoms with van der Waals surface area (Å²) in [5.74, 6) is -0.0819. The number of hydrogen-bond acceptors (Lipinski definition) is 6. The molecule has 0 radical (unpaired) electrons. The lowest BCUT2D eigenvalue weighted by atomic mass is 9.96. The summed E-state index contributed by atoms with van der Waals surface area (Å²) < 4.78 is 0. The zero-order chi connectivity index (χ0) is 22.3. The van der Waals surface area contributed by atoms with Gasteiger partial charge < -0.3 is 0 Å². The molecule has 0 saturated carbocycles. The van der Waals surface area contributed by atoms with E-state index in [1.54, 1.807) is 6.92 Å². The van der Waals surface area contributed by atoms with Crippen LogP contribution >= 0.6 is 23.4 Å². The smallest absolute Gasteiger partial charge is 0.234 e. The molecule has 160 valence electrons. The molecular formula is C25H21ClN4OS. The van der Waals surface area contributed by atoms with Crippen molar-refractivity contribution in [3.63, 3.8) is 0 Å². The zero-order valence-corrected chi connectivity index (χ0v) is 19.3. The SMILES string of the molecule is CCC1=NN(c2ccccc2)C2(SC(C(C)=O)=NN2c2ccc(Cl)cc2)c2ccccc21. The molecule has 0 aliphatic carbocycles.